The molecule has 4 aromatic rings. The number of hydrogen-bond acceptors (Lipinski definition) is 6. The van der Waals surface area contributed by atoms with Crippen molar-refractivity contribution in [1.82, 2.24) is 24.7 Å². The fourth-order valence-corrected chi connectivity index (χ4v) is 4.42. The van der Waals surface area contributed by atoms with Crippen molar-refractivity contribution in [2.75, 3.05) is 23.3 Å². The molecule has 1 amide bonds. The summed E-state index contributed by atoms with van der Waals surface area (Å²) >= 11 is 0. The fraction of sp³-hybridized carbons (Fsp3) is 0.238. The molecule has 0 radical (unpaired) electrons. The lowest BCUT2D eigenvalue weighted by Gasteiger charge is -2.14. The van der Waals surface area contributed by atoms with Gasteiger partial charge in [-0.2, -0.15) is 0 Å². The molecule has 8 nitrogen and oxygen atoms in total. The number of piperazine rings is 1. The molecule has 0 bridgehead atoms. The Labute approximate surface area is 170 Å². The van der Waals surface area contributed by atoms with Gasteiger partial charge in [-0.05, 0) is 19.1 Å². The Morgan fingerprint density at radius 3 is 2.73 bits per heavy atom. The zero-order valence-corrected chi connectivity index (χ0v) is 16.1. The number of pyridine rings is 1. The van der Waals surface area contributed by atoms with Crippen LogP contribution in [0.1, 0.15) is 16.1 Å². The van der Waals surface area contributed by atoms with E-state index in [1.54, 1.807) is 42.2 Å². The minimum absolute atomic E-state index is 0.227. The van der Waals surface area contributed by atoms with E-state index >= 15 is 0 Å². The molecule has 5 heterocycles. The summed E-state index contributed by atoms with van der Waals surface area (Å²) in [4.78, 5) is 28.4. The van der Waals surface area contributed by atoms with E-state index in [4.69, 9.17) is 0 Å². The van der Waals surface area contributed by atoms with Gasteiger partial charge in [-0.15, -0.1) is 0 Å². The Morgan fingerprint density at radius 1 is 1.17 bits per heavy atom. The van der Waals surface area contributed by atoms with Crippen LogP contribution in [0.3, 0.4) is 0 Å². The van der Waals surface area contributed by atoms with Crippen LogP contribution >= 0.6 is 0 Å². The van der Waals surface area contributed by atoms with E-state index in [0.29, 0.717) is 40.1 Å². The van der Waals surface area contributed by atoms with Gasteiger partial charge in [-0.25, -0.2) is 9.37 Å². The first-order valence-corrected chi connectivity index (χ1v) is 9.79. The monoisotopic (exact) mass is 403 g/mol. The summed E-state index contributed by atoms with van der Waals surface area (Å²) in [6.07, 6.45) is 6.56. The number of anilines is 2. The topological polar surface area (TPSA) is 87.2 Å². The number of carbonyl (C=O) groups is 1. The van der Waals surface area contributed by atoms with Gasteiger partial charge in [0.1, 0.15) is 11.0 Å². The van der Waals surface area contributed by atoms with Crippen molar-refractivity contribution >= 4 is 34.0 Å². The Balaban J connectivity index is 1.36. The quantitative estimate of drug-likeness (QED) is 0.510. The Hall–Kier alpha value is -3.59. The minimum atomic E-state index is -0.498. The second kappa shape index (κ2) is 6.20. The molecule has 0 aliphatic carbocycles. The third-order valence-corrected chi connectivity index (χ3v) is 5.79. The fourth-order valence-electron chi connectivity index (χ4n) is 4.42. The van der Waals surface area contributed by atoms with Crippen LogP contribution in [0.15, 0.2) is 43.0 Å². The van der Waals surface area contributed by atoms with E-state index in [1.807, 2.05) is 6.07 Å². The number of aryl methyl sites for hydroxylation is 1. The lowest BCUT2D eigenvalue weighted by molar-refractivity contribution is 0.102. The summed E-state index contributed by atoms with van der Waals surface area (Å²) in [5.74, 6) is -0.863. The van der Waals surface area contributed by atoms with Crippen LogP contribution in [0.5, 0.6) is 0 Å². The number of hydrogen-bond donors (Lipinski definition) is 2. The number of benzene rings is 1. The summed E-state index contributed by atoms with van der Waals surface area (Å²) < 4.78 is 15.9. The molecule has 0 spiro atoms. The lowest BCUT2D eigenvalue weighted by atomic mass is 10.1. The molecular weight excluding hydrogens is 385 g/mol. The van der Waals surface area contributed by atoms with Crippen LogP contribution in [0.2, 0.25) is 0 Å². The van der Waals surface area contributed by atoms with Crippen LogP contribution in [0.4, 0.5) is 15.8 Å². The van der Waals surface area contributed by atoms with Crippen molar-refractivity contribution in [1.29, 1.82) is 0 Å². The highest BCUT2D eigenvalue weighted by molar-refractivity contribution is 6.13. The summed E-state index contributed by atoms with van der Waals surface area (Å²) in [5.41, 5.74) is 3.89. The maximum atomic E-state index is 14.4. The molecule has 150 valence electrons. The molecule has 30 heavy (non-hydrogen) atoms. The molecule has 2 aliphatic heterocycles. The first-order chi connectivity index (χ1) is 14.6. The van der Waals surface area contributed by atoms with Crippen molar-refractivity contribution in [3.05, 3.63) is 60.1 Å². The maximum Gasteiger partial charge on any atom is 0.257 e. The second-order valence-electron chi connectivity index (χ2n) is 7.73. The van der Waals surface area contributed by atoms with Gasteiger partial charge in [0.05, 0.1) is 34.7 Å². The molecule has 2 N–H and O–H groups in total. The molecule has 6 rings (SSSR count). The number of nitrogens with zero attached hydrogens (tertiary/aromatic N) is 5. The molecule has 2 unspecified atom stereocenters. The molecule has 2 fully saturated rings. The van der Waals surface area contributed by atoms with Gasteiger partial charge in [0, 0.05) is 43.9 Å². The van der Waals surface area contributed by atoms with Gasteiger partial charge in [-0.3, -0.25) is 14.8 Å². The average molecular weight is 403 g/mol. The third-order valence-electron chi connectivity index (χ3n) is 5.79. The predicted molar refractivity (Wildman–Crippen MR) is 110 cm³/mol. The molecular formula is C21H18FN7O. The highest BCUT2D eigenvalue weighted by atomic mass is 19.1. The zero-order valence-electron chi connectivity index (χ0n) is 16.1. The molecule has 2 saturated heterocycles. The number of imidazole rings is 1. The maximum absolute atomic E-state index is 14.4. The van der Waals surface area contributed by atoms with Crippen molar-refractivity contribution in [3.63, 3.8) is 0 Å². The predicted octanol–water partition coefficient (Wildman–Crippen LogP) is 2.14. The van der Waals surface area contributed by atoms with Crippen molar-refractivity contribution < 1.29 is 9.18 Å². The third kappa shape index (κ3) is 2.55. The van der Waals surface area contributed by atoms with Gasteiger partial charge in [0.15, 0.2) is 11.5 Å². The molecule has 3 aromatic heterocycles. The summed E-state index contributed by atoms with van der Waals surface area (Å²) in [7, 11) is 0. The molecule has 1 aromatic carbocycles. The molecule has 2 atom stereocenters. The minimum Gasteiger partial charge on any atom is -0.357 e. The SMILES string of the molecule is Cc1cn2cc(NC(=O)c3ccc(N4C5CNCC54)c4nccnc34)cc(F)c2n1. The summed E-state index contributed by atoms with van der Waals surface area (Å²) in [5, 5.41) is 6.14. The highest BCUT2D eigenvalue weighted by Crippen LogP contribution is 2.40. The van der Waals surface area contributed by atoms with Crippen molar-refractivity contribution in [2.24, 2.45) is 0 Å². The number of fused-ring (bicyclic) bond motifs is 3. The lowest BCUT2D eigenvalue weighted by Crippen LogP contribution is -2.23. The first kappa shape index (κ1) is 17.3. The van der Waals surface area contributed by atoms with E-state index < -0.39 is 5.82 Å². The Bertz CT molecular complexity index is 1320. The molecule has 2 aliphatic rings. The van der Waals surface area contributed by atoms with Crippen molar-refractivity contribution in [2.45, 2.75) is 19.0 Å². The van der Waals surface area contributed by atoms with Gasteiger partial charge < -0.3 is 19.9 Å². The molecule has 9 heteroatoms. The van der Waals surface area contributed by atoms with E-state index in [2.05, 4.69) is 30.5 Å². The summed E-state index contributed by atoms with van der Waals surface area (Å²) in [6, 6.07) is 5.91. The number of halogens is 1. The van der Waals surface area contributed by atoms with E-state index in [-0.39, 0.29) is 11.6 Å². The van der Waals surface area contributed by atoms with E-state index in [0.717, 1.165) is 18.8 Å². The van der Waals surface area contributed by atoms with Crippen molar-refractivity contribution in [3.8, 4) is 0 Å². The Kier molecular flexibility index (Phi) is 3.57. The largest absolute Gasteiger partial charge is 0.357 e. The first-order valence-electron chi connectivity index (χ1n) is 9.79. The number of carbonyl (C=O) groups excluding carboxylic acids is 1. The van der Waals surface area contributed by atoms with Crippen LogP contribution in [-0.4, -0.2) is 50.4 Å². The number of aromatic nitrogens is 4. The number of nitrogens with one attached hydrogen (secondary N) is 2. The zero-order chi connectivity index (χ0) is 20.4. The molecule has 0 saturated carbocycles. The number of rotatable bonds is 3. The average Bonchev–Trinajstić information content (AvgIpc) is 3.03. The van der Waals surface area contributed by atoms with Gasteiger partial charge in [0.2, 0.25) is 0 Å². The van der Waals surface area contributed by atoms with Gasteiger partial charge in [-0.1, -0.05) is 0 Å². The standard InChI is InChI=1S/C21H18FN7O/c1-11-9-28-10-12(6-14(22)20(28)26-11)27-21(30)13-2-3-15(19-18(13)24-4-5-25-19)29-16-7-23-8-17(16)29/h2-6,9-10,16-17,23H,7-8H2,1H3,(H,27,30). The van der Waals surface area contributed by atoms with Gasteiger partial charge >= 0.3 is 0 Å². The van der Waals surface area contributed by atoms with E-state index in [9.17, 15) is 9.18 Å². The van der Waals surface area contributed by atoms with Gasteiger partial charge in [0.25, 0.3) is 5.91 Å². The number of amides is 1. The second-order valence-corrected chi connectivity index (χ2v) is 7.73. The smallest absolute Gasteiger partial charge is 0.257 e. The van der Waals surface area contributed by atoms with Crippen LogP contribution in [-0.2, 0) is 0 Å². The normalized spacial score (nSPS) is 20.0. The van der Waals surface area contributed by atoms with Crippen LogP contribution in [0, 0.1) is 12.7 Å². The summed E-state index contributed by atoms with van der Waals surface area (Å²) in [6.45, 7) is 3.70. The highest BCUT2D eigenvalue weighted by Gasteiger charge is 2.51. The van der Waals surface area contributed by atoms with Crippen LogP contribution < -0.4 is 15.5 Å². The van der Waals surface area contributed by atoms with E-state index in [1.165, 1.54) is 6.07 Å². The Morgan fingerprint density at radius 2 is 1.93 bits per heavy atom. The van der Waals surface area contributed by atoms with Crippen LogP contribution in [0.25, 0.3) is 16.7 Å².